The summed E-state index contributed by atoms with van der Waals surface area (Å²) >= 11 is 4.13. The van der Waals surface area contributed by atoms with Crippen LogP contribution in [0, 0.1) is 0 Å². The van der Waals surface area contributed by atoms with Gasteiger partial charge < -0.3 is 14.8 Å². The predicted octanol–water partition coefficient (Wildman–Crippen LogP) is 2.57. The lowest BCUT2D eigenvalue weighted by molar-refractivity contribution is 0.171. The van der Waals surface area contributed by atoms with Crippen LogP contribution in [-0.2, 0) is 0 Å². The second-order valence-corrected chi connectivity index (χ2v) is 7.15. The summed E-state index contributed by atoms with van der Waals surface area (Å²) in [5, 5.41) is 4.10. The van der Waals surface area contributed by atoms with E-state index in [0.717, 1.165) is 11.5 Å². The van der Waals surface area contributed by atoms with Crippen LogP contribution in [0.15, 0.2) is 18.2 Å². The molecule has 19 heavy (non-hydrogen) atoms. The van der Waals surface area contributed by atoms with Gasteiger partial charge in [-0.2, -0.15) is 23.5 Å². The molecule has 1 N–H and O–H groups in total. The second kappa shape index (κ2) is 6.29. The number of thioether (sulfide) groups is 2. The predicted molar refractivity (Wildman–Crippen MR) is 82.8 cm³/mol. The van der Waals surface area contributed by atoms with Gasteiger partial charge in [0.25, 0.3) is 0 Å². The van der Waals surface area contributed by atoms with Gasteiger partial charge in [0.2, 0.25) is 0 Å². The summed E-state index contributed by atoms with van der Waals surface area (Å²) in [6.07, 6.45) is 0. The fraction of sp³-hybridized carbons (Fsp3) is 0.571. The summed E-state index contributed by atoms with van der Waals surface area (Å²) in [5.41, 5.74) is 1.30. The molecule has 1 fully saturated rings. The van der Waals surface area contributed by atoms with E-state index in [0.29, 0.717) is 24.5 Å². The molecule has 0 saturated carbocycles. The smallest absolute Gasteiger partial charge is 0.161 e. The topological polar surface area (TPSA) is 30.5 Å². The summed E-state index contributed by atoms with van der Waals surface area (Å²) < 4.78 is 11.3. The highest BCUT2D eigenvalue weighted by atomic mass is 32.2. The maximum absolute atomic E-state index is 5.68. The van der Waals surface area contributed by atoms with E-state index in [1.165, 1.54) is 22.8 Å². The molecule has 5 heteroatoms. The first-order valence-electron chi connectivity index (χ1n) is 6.64. The van der Waals surface area contributed by atoms with Crippen LogP contribution in [0.4, 0.5) is 0 Å². The molecule has 0 bridgehead atoms. The minimum Gasteiger partial charge on any atom is -0.486 e. The SMILES string of the molecule is CNC(c1ccc2c(c1)OCCO2)C1CSCCS1. The Labute approximate surface area is 122 Å². The average Bonchev–Trinajstić information content (AvgIpc) is 2.49. The molecule has 0 radical (unpaired) electrons. The third kappa shape index (κ3) is 2.98. The van der Waals surface area contributed by atoms with Gasteiger partial charge in [-0.1, -0.05) is 6.07 Å². The van der Waals surface area contributed by atoms with Gasteiger partial charge in [0.15, 0.2) is 11.5 Å². The lowest BCUT2D eigenvalue weighted by Gasteiger charge is -2.30. The zero-order chi connectivity index (χ0) is 13.1. The highest BCUT2D eigenvalue weighted by molar-refractivity contribution is 8.06. The lowest BCUT2D eigenvalue weighted by atomic mass is 10.0. The Bertz CT molecular complexity index is 435. The number of hydrogen-bond donors (Lipinski definition) is 1. The van der Waals surface area contributed by atoms with E-state index in [2.05, 4.69) is 41.0 Å². The van der Waals surface area contributed by atoms with Crippen molar-refractivity contribution in [3.05, 3.63) is 23.8 Å². The number of ether oxygens (including phenoxy) is 2. The molecule has 3 rings (SSSR count). The largest absolute Gasteiger partial charge is 0.486 e. The molecule has 0 aromatic heterocycles. The molecule has 2 atom stereocenters. The zero-order valence-electron chi connectivity index (χ0n) is 11.1. The third-order valence-electron chi connectivity index (χ3n) is 3.45. The molecule has 2 heterocycles. The summed E-state index contributed by atoms with van der Waals surface area (Å²) in [4.78, 5) is 0. The van der Waals surface area contributed by atoms with Crippen LogP contribution >= 0.6 is 23.5 Å². The number of rotatable bonds is 3. The highest BCUT2D eigenvalue weighted by Crippen LogP contribution is 2.37. The normalized spacial score (nSPS) is 23.9. The monoisotopic (exact) mass is 297 g/mol. The van der Waals surface area contributed by atoms with Gasteiger partial charge in [0, 0.05) is 28.6 Å². The van der Waals surface area contributed by atoms with Crippen LogP contribution < -0.4 is 14.8 Å². The van der Waals surface area contributed by atoms with Crippen LogP contribution in [0.3, 0.4) is 0 Å². The molecule has 0 amide bonds. The van der Waals surface area contributed by atoms with Crippen molar-refractivity contribution in [3.63, 3.8) is 0 Å². The number of benzene rings is 1. The van der Waals surface area contributed by atoms with Crippen LogP contribution in [-0.4, -0.2) is 42.8 Å². The zero-order valence-corrected chi connectivity index (χ0v) is 12.7. The van der Waals surface area contributed by atoms with Crippen molar-refractivity contribution in [1.29, 1.82) is 0 Å². The quantitative estimate of drug-likeness (QED) is 0.926. The molecule has 0 aliphatic carbocycles. The van der Waals surface area contributed by atoms with Crippen LogP contribution in [0.2, 0.25) is 0 Å². The molecule has 2 aliphatic rings. The summed E-state index contributed by atoms with van der Waals surface area (Å²) in [7, 11) is 2.04. The molecule has 1 aromatic rings. The standard InChI is InChI=1S/C14H19NO2S2/c1-15-14(13-9-18-6-7-19-13)10-2-3-11-12(8-10)17-5-4-16-11/h2-3,8,13-15H,4-7,9H2,1H3. The average molecular weight is 297 g/mol. The fourth-order valence-corrected chi connectivity index (χ4v) is 5.43. The number of fused-ring (bicyclic) bond motifs is 1. The third-order valence-corrected chi connectivity index (χ3v) is 6.31. The van der Waals surface area contributed by atoms with Crippen LogP contribution in [0.5, 0.6) is 11.5 Å². The Balaban J connectivity index is 1.82. The van der Waals surface area contributed by atoms with E-state index in [-0.39, 0.29) is 0 Å². The van der Waals surface area contributed by atoms with Gasteiger partial charge >= 0.3 is 0 Å². The van der Waals surface area contributed by atoms with E-state index < -0.39 is 0 Å². The van der Waals surface area contributed by atoms with Gasteiger partial charge in [0.1, 0.15) is 13.2 Å². The maximum Gasteiger partial charge on any atom is 0.161 e. The van der Waals surface area contributed by atoms with Crippen LogP contribution in [0.25, 0.3) is 0 Å². The van der Waals surface area contributed by atoms with E-state index in [9.17, 15) is 0 Å². The van der Waals surface area contributed by atoms with Crippen molar-refractivity contribution in [1.82, 2.24) is 5.32 Å². The molecule has 0 spiro atoms. The van der Waals surface area contributed by atoms with Gasteiger partial charge in [-0.05, 0) is 24.7 Å². The van der Waals surface area contributed by atoms with Gasteiger partial charge in [-0.25, -0.2) is 0 Å². The van der Waals surface area contributed by atoms with Crippen molar-refractivity contribution in [2.75, 3.05) is 37.5 Å². The van der Waals surface area contributed by atoms with Gasteiger partial charge in [0.05, 0.1) is 0 Å². The Morgan fingerprint density at radius 3 is 2.79 bits per heavy atom. The van der Waals surface area contributed by atoms with Gasteiger partial charge in [-0.15, -0.1) is 0 Å². The van der Waals surface area contributed by atoms with Crippen LogP contribution in [0.1, 0.15) is 11.6 Å². The van der Waals surface area contributed by atoms with E-state index >= 15 is 0 Å². The highest BCUT2D eigenvalue weighted by Gasteiger charge is 2.26. The molecule has 104 valence electrons. The molecule has 3 nitrogen and oxygen atoms in total. The van der Waals surface area contributed by atoms with E-state index in [1.807, 2.05) is 13.1 Å². The van der Waals surface area contributed by atoms with Crippen molar-refractivity contribution in [2.24, 2.45) is 0 Å². The maximum atomic E-state index is 5.68. The second-order valence-electron chi connectivity index (χ2n) is 4.65. The molecule has 2 unspecified atom stereocenters. The first kappa shape index (κ1) is 13.5. The molecular weight excluding hydrogens is 278 g/mol. The molecule has 1 saturated heterocycles. The summed E-state index contributed by atoms with van der Waals surface area (Å²) in [6, 6.07) is 6.72. The van der Waals surface area contributed by atoms with E-state index in [1.54, 1.807) is 0 Å². The first-order valence-corrected chi connectivity index (χ1v) is 8.85. The number of hydrogen-bond acceptors (Lipinski definition) is 5. The Kier molecular flexibility index (Phi) is 4.45. The minimum absolute atomic E-state index is 0.383. The van der Waals surface area contributed by atoms with E-state index in [4.69, 9.17) is 9.47 Å². The van der Waals surface area contributed by atoms with Crippen molar-refractivity contribution < 1.29 is 9.47 Å². The minimum atomic E-state index is 0.383. The molecule has 1 aromatic carbocycles. The summed E-state index contributed by atoms with van der Waals surface area (Å²) in [5.74, 6) is 5.49. The molecule has 2 aliphatic heterocycles. The Hall–Kier alpha value is -0.520. The van der Waals surface area contributed by atoms with Crippen molar-refractivity contribution >= 4 is 23.5 Å². The Morgan fingerprint density at radius 2 is 2.05 bits per heavy atom. The first-order chi connectivity index (χ1) is 9.38. The number of nitrogens with one attached hydrogen (secondary N) is 1. The van der Waals surface area contributed by atoms with Crippen molar-refractivity contribution in [3.8, 4) is 11.5 Å². The Morgan fingerprint density at radius 1 is 1.21 bits per heavy atom. The molecular formula is C14H19NO2S2. The van der Waals surface area contributed by atoms with Gasteiger partial charge in [-0.3, -0.25) is 0 Å². The fourth-order valence-electron chi connectivity index (χ4n) is 2.52. The van der Waals surface area contributed by atoms with Crippen molar-refractivity contribution in [2.45, 2.75) is 11.3 Å². The lowest BCUT2D eigenvalue weighted by Crippen LogP contribution is -2.31. The summed E-state index contributed by atoms with van der Waals surface area (Å²) in [6.45, 7) is 1.30.